The Morgan fingerprint density at radius 1 is 1.32 bits per heavy atom. The van der Waals surface area contributed by atoms with E-state index in [9.17, 15) is 0 Å². The smallest absolute Gasteiger partial charge is 0.191 e. The van der Waals surface area contributed by atoms with Crippen LogP contribution in [0.5, 0.6) is 5.75 Å². The lowest BCUT2D eigenvalue weighted by Crippen LogP contribution is -2.36. The maximum absolute atomic E-state index is 5.25. The van der Waals surface area contributed by atoms with E-state index in [1.807, 2.05) is 24.3 Å². The van der Waals surface area contributed by atoms with Crippen LogP contribution in [0.2, 0.25) is 0 Å². The normalized spacial score (nSPS) is 11.2. The molecule has 5 nitrogen and oxygen atoms in total. The average molecular weight is 474 g/mol. The van der Waals surface area contributed by atoms with Crippen molar-refractivity contribution in [2.45, 2.75) is 39.8 Å². The highest BCUT2D eigenvalue weighted by Gasteiger charge is 2.06. The first-order chi connectivity index (χ1) is 11.6. The number of nitrogens with zero attached hydrogens (tertiary/aromatic N) is 2. The summed E-state index contributed by atoms with van der Waals surface area (Å²) in [4.78, 5) is 9.27. The van der Waals surface area contributed by atoms with Crippen LogP contribution in [0.1, 0.15) is 43.0 Å². The number of halogens is 1. The van der Waals surface area contributed by atoms with Crippen LogP contribution in [0.25, 0.3) is 0 Å². The van der Waals surface area contributed by atoms with Gasteiger partial charge in [0.2, 0.25) is 0 Å². The van der Waals surface area contributed by atoms with Crippen molar-refractivity contribution in [2.24, 2.45) is 4.99 Å². The van der Waals surface area contributed by atoms with Crippen LogP contribution in [0.4, 0.5) is 0 Å². The summed E-state index contributed by atoms with van der Waals surface area (Å²) in [6.07, 6.45) is 0. The Kier molecular flexibility index (Phi) is 9.81. The number of methoxy groups -OCH3 is 1. The second kappa shape index (κ2) is 11.3. The summed E-state index contributed by atoms with van der Waals surface area (Å²) >= 11 is 1.71. The molecule has 0 atom stereocenters. The summed E-state index contributed by atoms with van der Waals surface area (Å²) in [6.45, 7) is 8.47. The van der Waals surface area contributed by atoms with E-state index < -0.39 is 0 Å². The summed E-state index contributed by atoms with van der Waals surface area (Å²) in [7, 11) is 1.67. The molecule has 0 aliphatic carbocycles. The van der Waals surface area contributed by atoms with Gasteiger partial charge in [0.25, 0.3) is 0 Å². The zero-order valence-electron chi connectivity index (χ0n) is 15.2. The Balaban J connectivity index is 0.00000312. The number of hydrogen-bond acceptors (Lipinski definition) is 4. The van der Waals surface area contributed by atoms with Gasteiger partial charge in [-0.05, 0) is 24.6 Å². The maximum atomic E-state index is 5.25. The van der Waals surface area contributed by atoms with Crippen molar-refractivity contribution >= 4 is 41.3 Å². The lowest BCUT2D eigenvalue weighted by atomic mass is 10.2. The van der Waals surface area contributed by atoms with E-state index in [2.05, 4.69) is 46.8 Å². The van der Waals surface area contributed by atoms with Crippen LogP contribution in [0, 0.1) is 0 Å². The third-order valence-corrected chi connectivity index (χ3v) is 4.59. The van der Waals surface area contributed by atoms with Crippen molar-refractivity contribution < 1.29 is 4.74 Å². The van der Waals surface area contributed by atoms with Crippen LogP contribution in [-0.4, -0.2) is 24.6 Å². The third kappa shape index (κ3) is 7.19. The molecule has 138 valence electrons. The lowest BCUT2D eigenvalue weighted by Gasteiger charge is -2.10. The molecule has 0 amide bonds. The first kappa shape index (κ1) is 21.7. The van der Waals surface area contributed by atoms with Gasteiger partial charge in [-0.1, -0.05) is 26.0 Å². The molecule has 0 spiro atoms. The molecule has 1 aromatic carbocycles. The average Bonchev–Trinajstić information content (AvgIpc) is 3.07. The molecule has 0 saturated carbocycles. The Morgan fingerprint density at radius 2 is 2.12 bits per heavy atom. The number of guanidine groups is 1. The van der Waals surface area contributed by atoms with Crippen molar-refractivity contribution in [2.75, 3.05) is 13.7 Å². The number of ether oxygens (including phenoxy) is 1. The monoisotopic (exact) mass is 474 g/mol. The predicted molar refractivity (Wildman–Crippen MR) is 116 cm³/mol. The molecular formula is C18H27IN4OS. The highest BCUT2D eigenvalue weighted by Crippen LogP contribution is 2.19. The van der Waals surface area contributed by atoms with Crippen molar-refractivity contribution in [1.82, 2.24) is 15.6 Å². The number of thiazole rings is 1. The minimum atomic E-state index is 0. The van der Waals surface area contributed by atoms with Gasteiger partial charge in [0, 0.05) is 17.8 Å². The molecule has 0 fully saturated rings. The van der Waals surface area contributed by atoms with Gasteiger partial charge in [-0.25, -0.2) is 9.98 Å². The molecular weight excluding hydrogens is 447 g/mol. The van der Waals surface area contributed by atoms with E-state index in [0.717, 1.165) is 29.5 Å². The molecule has 0 aliphatic heterocycles. The van der Waals surface area contributed by atoms with Crippen LogP contribution >= 0.6 is 35.3 Å². The number of rotatable bonds is 7. The van der Waals surface area contributed by atoms with Gasteiger partial charge >= 0.3 is 0 Å². The van der Waals surface area contributed by atoms with Crippen LogP contribution in [0.3, 0.4) is 0 Å². The molecule has 0 saturated heterocycles. The molecule has 2 rings (SSSR count). The van der Waals surface area contributed by atoms with Gasteiger partial charge in [0.05, 0.1) is 30.9 Å². The van der Waals surface area contributed by atoms with Gasteiger partial charge in [0.15, 0.2) is 5.96 Å². The van der Waals surface area contributed by atoms with Gasteiger partial charge in [-0.15, -0.1) is 35.3 Å². The largest absolute Gasteiger partial charge is 0.497 e. The molecule has 7 heteroatoms. The van der Waals surface area contributed by atoms with Gasteiger partial charge in [0.1, 0.15) is 5.75 Å². The molecule has 0 aliphatic rings. The summed E-state index contributed by atoms with van der Waals surface area (Å²) in [6, 6.07) is 7.96. The summed E-state index contributed by atoms with van der Waals surface area (Å²) in [5.41, 5.74) is 2.16. The number of aliphatic imine (C=N–C) groups is 1. The number of benzene rings is 1. The van der Waals surface area contributed by atoms with Gasteiger partial charge in [-0.2, -0.15) is 0 Å². The fourth-order valence-corrected chi connectivity index (χ4v) is 2.96. The van der Waals surface area contributed by atoms with E-state index in [0.29, 0.717) is 19.0 Å². The Morgan fingerprint density at radius 3 is 2.76 bits per heavy atom. The van der Waals surface area contributed by atoms with Crippen LogP contribution in [-0.2, 0) is 13.1 Å². The highest BCUT2D eigenvalue weighted by molar-refractivity contribution is 14.0. The summed E-state index contributed by atoms with van der Waals surface area (Å²) in [5, 5.41) is 9.88. The first-order valence-electron chi connectivity index (χ1n) is 8.21. The topological polar surface area (TPSA) is 58.5 Å². The van der Waals surface area contributed by atoms with Crippen molar-refractivity contribution in [3.8, 4) is 5.75 Å². The minimum absolute atomic E-state index is 0. The number of hydrogen-bond donors (Lipinski definition) is 2. The van der Waals surface area contributed by atoms with Crippen molar-refractivity contribution in [3.63, 3.8) is 0 Å². The summed E-state index contributed by atoms with van der Waals surface area (Å²) < 4.78 is 5.25. The maximum Gasteiger partial charge on any atom is 0.191 e. The predicted octanol–water partition coefficient (Wildman–Crippen LogP) is 4.15. The lowest BCUT2D eigenvalue weighted by molar-refractivity contribution is 0.414. The zero-order chi connectivity index (χ0) is 17.4. The zero-order valence-corrected chi connectivity index (χ0v) is 18.4. The molecule has 25 heavy (non-hydrogen) atoms. The molecule has 1 heterocycles. The van der Waals surface area contributed by atoms with Crippen molar-refractivity contribution in [1.29, 1.82) is 0 Å². The fourth-order valence-electron chi connectivity index (χ4n) is 2.13. The molecule has 2 aromatic rings. The number of nitrogens with one attached hydrogen (secondary N) is 2. The summed E-state index contributed by atoms with van der Waals surface area (Å²) in [5.74, 6) is 2.11. The van der Waals surface area contributed by atoms with E-state index in [-0.39, 0.29) is 24.0 Å². The Labute approximate surface area is 171 Å². The van der Waals surface area contributed by atoms with Gasteiger partial charge < -0.3 is 15.4 Å². The van der Waals surface area contributed by atoms with Gasteiger partial charge in [-0.3, -0.25) is 0 Å². The van der Waals surface area contributed by atoms with E-state index >= 15 is 0 Å². The van der Waals surface area contributed by atoms with Crippen molar-refractivity contribution in [3.05, 3.63) is 45.9 Å². The second-order valence-electron chi connectivity index (χ2n) is 5.73. The molecule has 0 unspecified atom stereocenters. The third-order valence-electron chi connectivity index (χ3n) is 3.40. The SMILES string of the molecule is CCNC(=NCc1cccc(OC)c1)NCc1csc(C(C)C)n1.I. The first-order valence-corrected chi connectivity index (χ1v) is 9.09. The molecule has 0 bridgehead atoms. The highest BCUT2D eigenvalue weighted by atomic mass is 127. The van der Waals surface area contributed by atoms with E-state index in [1.165, 1.54) is 5.01 Å². The van der Waals surface area contributed by atoms with E-state index in [1.54, 1.807) is 18.4 Å². The molecule has 2 N–H and O–H groups in total. The fraction of sp³-hybridized carbons (Fsp3) is 0.444. The Hall–Kier alpha value is -1.35. The quantitative estimate of drug-likeness (QED) is 0.360. The standard InChI is InChI=1S/C18H26N4OS.HI/c1-5-19-18(20-10-14-7-6-8-16(9-14)23-4)21-11-15-12-24-17(22-15)13(2)3;/h6-9,12-13H,5,10-11H2,1-4H3,(H2,19,20,21);1H. The number of aromatic nitrogens is 1. The second-order valence-corrected chi connectivity index (χ2v) is 6.62. The minimum Gasteiger partial charge on any atom is -0.497 e. The van der Waals surface area contributed by atoms with Crippen LogP contribution < -0.4 is 15.4 Å². The Bertz CT molecular complexity index is 673. The van der Waals surface area contributed by atoms with E-state index in [4.69, 9.17) is 4.74 Å². The molecule has 1 aromatic heterocycles. The molecule has 0 radical (unpaired) electrons. The van der Waals surface area contributed by atoms with Crippen LogP contribution in [0.15, 0.2) is 34.6 Å².